The van der Waals surface area contributed by atoms with Crippen molar-refractivity contribution >= 4 is 21.8 Å². The van der Waals surface area contributed by atoms with Gasteiger partial charge in [0.1, 0.15) is 0 Å². The molecule has 0 N–H and O–H groups in total. The fourth-order valence-electron chi connectivity index (χ4n) is 9.33. The molecule has 2 heterocycles. The lowest BCUT2D eigenvalue weighted by Crippen LogP contribution is -2.06. The molecule has 11 aromatic rings. The molecule has 10 heteroatoms. The molecular formula is C61H40F6N4. The second kappa shape index (κ2) is 17.7. The maximum absolute atomic E-state index is 14.3. The smallest absolute Gasteiger partial charge is 0.308 e. The zero-order valence-corrected chi connectivity index (χ0v) is 38.2. The summed E-state index contributed by atoms with van der Waals surface area (Å²) in [5.74, 6) is 1.00. The number of nitrogens with zero attached hydrogens (tertiary/aromatic N) is 4. The average Bonchev–Trinajstić information content (AvgIpc) is 3.71. The molecule has 0 saturated carbocycles. The molecule has 0 unspecified atom stereocenters. The van der Waals surface area contributed by atoms with Gasteiger partial charge >= 0.3 is 12.4 Å². The molecule has 0 radical (unpaired) electrons. The van der Waals surface area contributed by atoms with E-state index in [-0.39, 0.29) is 5.82 Å². The summed E-state index contributed by atoms with van der Waals surface area (Å²) in [6, 6.07) is 61.3. The van der Waals surface area contributed by atoms with E-state index in [0.29, 0.717) is 45.2 Å². The number of fused-ring (bicyclic) bond motifs is 3. The van der Waals surface area contributed by atoms with Gasteiger partial charge in [0.15, 0.2) is 17.5 Å². The average molecular weight is 943 g/mol. The molecule has 0 aliphatic rings. The Morgan fingerprint density at radius 1 is 0.324 bits per heavy atom. The SMILES string of the molecule is Cc1cccc(-c2ccc3c(c2)c2cc(-c4cccc(C)c4)ccc2n3-c2c(-c3ccc(C(F)(F)F)cc3)cc(-c3nc(-c4ccccc4)nc(-c4ccccc4)n3)cc2-c2ccc(C(F)(F)F)cc2)c1. The summed E-state index contributed by atoms with van der Waals surface area (Å²) in [6.07, 6.45) is -9.23. The molecule has 11 rings (SSSR count). The van der Waals surface area contributed by atoms with Gasteiger partial charge in [-0.3, -0.25) is 0 Å². The Labute approximate surface area is 405 Å². The zero-order valence-electron chi connectivity index (χ0n) is 38.2. The highest BCUT2D eigenvalue weighted by molar-refractivity contribution is 6.13. The van der Waals surface area contributed by atoms with E-state index in [0.717, 1.165) is 90.6 Å². The van der Waals surface area contributed by atoms with Crippen LogP contribution >= 0.6 is 0 Å². The van der Waals surface area contributed by atoms with Crippen LogP contribution in [0.3, 0.4) is 0 Å². The number of alkyl halides is 6. The summed E-state index contributed by atoms with van der Waals surface area (Å²) in [5.41, 5.74) is 10.3. The minimum Gasteiger partial charge on any atom is -0.308 e. The molecule has 0 aliphatic heterocycles. The number of hydrogen-bond acceptors (Lipinski definition) is 3. The van der Waals surface area contributed by atoms with Gasteiger partial charge in [-0.1, -0.05) is 157 Å². The molecule has 0 aliphatic carbocycles. The fraction of sp³-hybridized carbons (Fsp3) is 0.0656. The summed E-state index contributed by atoms with van der Waals surface area (Å²) in [5, 5.41) is 1.79. The molecule has 71 heavy (non-hydrogen) atoms. The van der Waals surface area contributed by atoms with Crippen LogP contribution in [0.15, 0.2) is 206 Å². The molecule has 0 amide bonds. The highest BCUT2D eigenvalue weighted by Gasteiger charge is 2.32. The Hall–Kier alpha value is -8.63. The van der Waals surface area contributed by atoms with E-state index in [1.807, 2.05) is 135 Å². The van der Waals surface area contributed by atoms with Crippen LogP contribution in [-0.4, -0.2) is 19.5 Å². The molecule has 4 nitrogen and oxygen atoms in total. The van der Waals surface area contributed by atoms with Gasteiger partial charge < -0.3 is 4.57 Å². The van der Waals surface area contributed by atoms with Crippen LogP contribution in [0, 0.1) is 13.8 Å². The molecule has 0 saturated heterocycles. The normalized spacial score (nSPS) is 11.9. The summed E-state index contributed by atoms with van der Waals surface area (Å²) < 4.78 is 87.7. The van der Waals surface area contributed by atoms with Gasteiger partial charge in [-0.2, -0.15) is 26.3 Å². The summed E-state index contributed by atoms with van der Waals surface area (Å²) >= 11 is 0. The van der Waals surface area contributed by atoms with Crippen LogP contribution in [0.2, 0.25) is 0 Å². The third-order valence-electron chi connectivity index (χ3n) is 12.8. The Kier molecular flexibility index (Phi) is 11.2. The van der Waals surface area contributed by atoms with E-state index < -0.39 is 23.5 Å². The van der Waals surface area contributed by atoms with Crippen molar-refractivity contribution in [1.82, 2.24) is 19.5 Å². The lowest BCUT2D eigenvalue weighted by Gasteiger charge is -2.22. The number of aryl methyl sites for hydroxylation is 2. The Morgan fingerprint density at radius 2 is 0.676 bits per heavy atom. The second-order valence-corrected chi connectivity index (χ2v) is 17.6. The van der Waals surface area contributed by atoms with Gasteiger partial charge in [0.2, 0.25) is 0 Å². The highest BCUT2D eigenvalue weighted by Crippen LogP contribution is 2.46. The molecule has 0 fully saturated rings. The van der Waals surface area contributed by atoms with Crippen LogP contribution in [0.1, 0.15) is 22.3 Å². The number of halogens is 6. The number of hydrogen-bond donors (Lipinski definition) is 0. The molecule has 0 spiro atoms. The van der Waals surface area contributed by atoms with Crippen molar-refractivity contribution in [3.8, 4) is 84.4 Å². The molecule has 0 bridgehead atoms. The summed E-state index contributed by atoms with van der Waals surface area (Å²) in [7, 11) is 0. The van der Waals surface area contributed by atoms with Crippen molar-refractivity contribution in [3.05, 3.63) is 229 Å². The first-order valence-corrected chi connectivity index (χ1v) is 22.9. The standard InChI is InChI=1S/C61H40F6N4/c1-37-11-9-17-43(31-37)45-23-29-54-52(33-45)53-34-46(44-18-10-12-38(2)32-44)24-30-55(53)71(54)56-50(39-19-25-48(26-20-39)60(62,63)64)35-47(36-51(56)40-21-27-49(28-22-40)61(65,66)67)59-69-57(41-13-5-3-6-14-41)68-58(70-59)42-15-7-4-8-16-42/h3-36H,1-2H3. The predicted octanol–water partition coefficient (Wildman–Crippen LogP) is 17.3. The monoisotopic (exact) mass is 942 g/mol. The van der Waals surface area contributed by atoms with Crippen LogP contribution in [0.25, 0.3) is 106 Å². The largest absolute Gasteiger partial charge is 0.416 e. The third-order valence-corrected chi connectivity index (χ3v) is 12.8. The van der Waals surface area contributed by atoms with Crippen molar-refractivity contribution in [2.24, 2.45) is 0 Å². The summed E-state index contributed by atoms with van der Waals surface area (Å²) in [6.45, 7) is 4.08. The minimum absolute atomic E-state index is 0.249. The van der Waals surface area contributed by atoms with Gasteiger partial charge in [-0.25, -0.2) is 15.0 Å². The molecule has 0 atom stereocenters. The molecule has 2 aromatic heterocycles. The van der Waals surface area contributed by atoms with Gasteiger partial charge in [0.05, 0.1) is 27.8 Å². The second-order valence-electron chi connectivity index (χ2n) is 17.6. The number of rotatable bonds is 8. The van der Waals surface area contributed by atoms with Crippen molar-refractivity contribution in [3.63, 3.8) is 0 Å². The Morgan fingerprint density at radius 3 is 1.06 bits per heavy atom. The fourth-order valence-corrected chi connectivity index (χ4v) is 9.33. The topological polar surface area (TPSA) is 43.6 Å². The van der Waals surface area contributed by atoms with Crippen molar-refractivity contribution in [2.75, 3.05) is 0 Å². The van der Waals surface area contributed by atoms with E-state index in [2.05, 4.69) is 41.0 Å². The molecular weight excluding hydrogens is 903 g/mol. The third kappa shape index (κ3) is 8.73. The lowest BCUT2D eigenvalue weighted by atomic mass is 9.91. The van der Waals surface area contributed by atoms with Crippen LogP contribution in [-0.2, 0) is 12.4 Å². The maximum atomic E-state index is 14.3. The quantitative estimate of drug-likeness (QED) is 0.143. The van der Waals surface area contributed by atoms with E-state index in [9.17, 15) is 26.3 Å². The van der Waals surface area contributed by atoms with Crippen molar-refractivity contribution in [2.45, 2.75) is 26.2 Å². The van der Waals surface area contributed by atoms with E-state index in [1.54, 1.807) is 0 Å². The van der Waals surface area contributed by atoms with E-state index in [4.69, 9.17) is 15.0 Å². The molecule has 346 valence electrons. The maximum Gasteiger partial charge on any atom is 0.416 e. The highest BCUT2D eigenvalue weighted by atomic mass is 19.4. The first-order chi connectivity index (χ1) is 34.2. The van der Waals surface area contributed by atoms with Gasteiger partial charge in [-0.15, -0.1) is 0 Å². The van der Waals surface area contributed by atoms with E-state index >= 15 is 0 Å². The lowest BCUT2D eigenvalue weighted by molar-refractivity contribution is -0.138. The van der Waals surface area contributed by atoms with Crippen LogP contribution in [0.5, 0.6) is 0 Å². The summed E-state index contributed by atoms with van der Waals surface area (Å²) in [4.78, 5) is 14.9. The zero-order chi connectivity index (χ0) is 49.0. The molecule has 9 aromatic carbocycles. The van der Waals surface area contributed by atoms with Crippen LogP contribution in [0.4, 0.5) is 26.3 Å². The van der Waals surface area contributed by atoms with Crippen molar-refractivity contribution < 1.29 is 26.3 Å². The Balaban J connectivity index is 1.26. The van der Waals surface area contributed by atoms with Gasteiger partial charge in [-0.05, 0) is 108 Å². The predicted molar refractivity (Wildman–Crippen MR) is 272 cm³/mol. The van der Waals surface area contributed by atoms with E-state index in [1.165, 1.54) is 24.3 Å². The first-order valence-electron chi connectivity index (χ1n) is 22.9. The van der Waals surface area contributed by atoms with Gasteiger partial charge in [0, 0.05) is 38.6 Å². The number of benzene rings is 9. The van der Waals surface area contributed by atoms with Crippen LogP contribution < -0.4 is 0 Å². The van der Waals surface area contributed by atoms with Gasteiger partial charge in [0.25, 0.3) is 0 Å². The Bertz CT molecular complexity index is 3550. The number of aromatic nitrogens is 4. The minimum atomic E-state index is -4.61. The van der Waals surface area contributed by atoms with Crippen molar-refractivity contribution in [1.29, 1.82) is 0 Å². The first kappa shape index (κ1) is 44.9.